The van der Waals surface area contributed by atoms with Crippen LogP contribution in [0.3, 0.4) is 0 Å². The van der Waals surface area contributed by atoms with E-state index in [1.165, 1.54) is 0 Å². The number of hydrogen-bond donors (Lipinski definition) is 2. The number of carbonyl (C=O) groups is 1. The lowest BCUT2D eigenvalue weighted by atomic mass is 9.97. The molecule has 1 aliphatic heterocycles. The third kappa shape index (κ3) is 5.75. The summed E-state index contributed by atoms with van der Waals surface area (Å²) in [5.41, 5.74) is 5.28. The molecule has 132 valence electrons. The molecule has 1 aromatic rings. The summed E-state index contributed by atoms with van der Waals surface area (Å²) in [6.07, 6.45) is 1.93. The Bertz CT molecular complexity index is 500. The Kier molecular flexibility index (Phi) is 7.44. The molecule has 1 atom stereocenters. The zero-order valence-electron chi connectivity index (χ0n) is 14.2. The van der Waals surface area contributed by atoms with Crippen LogP contribution in [0.1, 0.15) is 45.3 Å². The SMILES string of the molecule is CC(C)(C)c1nc(CN2CCCC(C(=O)NCCN)C2)no1.Cl. The number of nitrogens with two attached hydrogens (primary N) is 1. The largest absolute Gasteiger partial charge is 0.355 e. The molecule has 0 bridgehead atoms. The van der Waals surface area contributed by atoms with Crippen molar-refractivity contribution in [1.82, 2.24) is 20.4 Å². The second-order valence-electron chi connectivity index (χ2n) is 6.92. The maximum absolute atomic E-state index is 12.0. The number of nitrogens with one attached hydrogen (secondary N) is 1. The van der Waals surface area contributed by atoms with Gasteiger partial charge in [-0.3, -0.25) is 9.69 Å². The van der Waals surface area contributed by atoms with Crippen molar-refractivity contribution in [2.24, 2.45) is 11.7 Å². The predicted octanol–water partition coefficient (Wildman–Crippen LogP) is 1.08. The van der Waals surface area contributed by atoms with Gasteiger partial charge in [-0.2, -0.15) is 4.98 Å². The van der Waals surface area contributed by atoms with E-state index in [-0.39, 0.29) is 29.6 Å². The minimum atomic E-state index is -0.141. The summed E-state index contributed by atoms with van der Waals surface area (Å²) < 4.78 is 5.32. The van der Waals surface area contributed by atoms with Crippen LogP contribution in [0.4, 0.5) is 0 Å². The van der Waals surface area contributed by atoms with E-state index in [2.05, 4.69) is 20.4 Å². The number of amides is 1. The summed E-state index contributed by atoms with van der Waals surface area (Å²) in [5, 5.41) is 6.92. The van der Waals surface area contributed by atoms with Gasteiger partial charge in [-0.1, -0.05) is 25.9 Å². The standard InChI is InChI=1S/C15H27N5O2.ClH/c1-15(2,3)14-18-12(19-22-14)10-20-8-4-5-11(9-20)13(21)17-7-6-16;/h11H,4-10,16H2,1-3H3,(H,17,21);1H. The molecule has 1 aromatic heterocycles. The molecular formula is C15H28ClN5O2. The van der Waals surface area contributed by atoms with E-state index >= 15 is 0 Å². The van der Waals surface area contributed by atoms with E-state index in [1.807, 2.05) is 20.8 Å². The van der Waals surface area contributed by atoms with E-state index in [0.717, 1.165) is 25.9 Å². The molecule has 1 fully saturated rings. The van der Waals surface area contributed by atoms with Gasteiger partial charge in [0.1, 0.15) is 0 Å². The molecular weight excluding hydrogens is 318 g/mol. The monoisotopic (exact) mass is 345 g/mol. The molecule has 8 heteroatoms. The second kappa shape index (κ2) is 8.61. The zero-order valence-corrected chi connectivity index (χ0v) is 15.0. The molecule has 0 spiro atoms. The van der Waals surface area contributed by atoms with Crippen LogP contribution >= 0.6 is 12.4 Å². The van der Waals surface area contributed by atoms with Gasteiger partial charge in [0, 0.05) is 25.0 Å². The first kappa shape index (κ1) is 19.9. The molecule has 1 aliphatic rings. The van der Waals surface area contributed by atoms with Gasteiger partial charge < -0.3 is 15.6 Å². The second-order valence-corrected chi connectivity index (χ2v) is 6.92. The fourth-order valence-corrected chi connectivity index (χ4v) is 2.58. The molecule has 0 saturated carbocycles. The number of hydrogen-bond acceptors (Lipinski definition) is 6. The van der Waals surface area contributed by atoms with Crippen molar-refractivity contribution >= 4 is 18.3 Å². The molecule has 0 aromatic carbocycles. The van der Waals surface area contributed by atoms with Crippen LogP contribution in [0.25, 0.3) is 0 Å². The maximum atomic E-state index is 12.0. The van der Waals surface area contributed by atoms with Crippen molar-refractivity contribution in [2.75, 3.05) is 26.2 Å². The number of rotatable bonds is 5. The number of halogens is 1. The van der Waals surface area contributed by atoms with E-state index in [9.17, 15) is 4.79 Å². The van der Waals surface area contributed by atoms with Crippen molar-refractivity contribution in [3.05, 3.63) is 11.7 Å². The van der Waals surface area contributed by atoms with Gasteiger partial charge in [0.25, 0.3) is 0 Å². The van der Waals surface area contributed by atoms with Crippen LogP contribution < -0.4 is 11.1 Å². The molecule has 0 radical (unpaired) electrons. The first-order chi connectivity index (χ1) is 10.4. The smallest absolute Gasteiger partial charge is 0.232 e. The maximum Gasteiger partial charge on any atom is 0.232 e. The molecule has 2 rings (SSSR count). The Labute approximate surface area is 143 Å². The molecule has 1 saturated heterocycles. The summed E-state index contributed by atoms with van der Waals surface area (Å²) in [5.74, 6) is 1.46. The quantitative estimate of drug-likeness (QED) is 0.828. The van der Waals surface area contributed by atoms with Crippen LogP contribution in [0.5, 0.6) is 0 Å². The van der Waals surface area contributed by atoms with Gasteiger partial charge >= 0.3 is 0 Å². The van der Waals surface area contributed by atoms with Crippen LogP contribution in [0, 0.1) is 5.92 Å². The first-order valence-corrected chi connectivity index (χ1v) is 7.93. The summed E-state index contributed by atoms with van der Waals surface area (Å²) in [4.78, 5) is 18.7. The molecule has 3 N–H and O–H groups in total. The molecule has 23 heavy (non-hydrogen) atoms. The lowest BCUT2D eigenvalue weighted by Gasteiger charge is -2.31. The highest BCUT2D eigenvalue weighted by molar-refractivity contribution is 5.85. The van der Waals surface area contributed by atoms with Gasteiger partial charge in [-0.05, 0) is 19.4 Å². The summed E-state index contributed by atoms with van der Waals surface area (Å²) >= 11 is 0. The Morgan fingerprint density at radius 3 is 2.83 bits per heavy atom. The first-order valence-electron chi connectivity index (χ1n) is 7.93. The van der Waals surface area contributed by atoms with Crippen LogP contribution in [-0.4, -0.2) is 47.1 Å². The summed E-state index contributed by atoms with van der Waals surface area (Å²) in [6, 6.07) is 0. The molecule has 7 nitrogen and oxygen atoms in total. The fraction of sp³-hybridized carbons (Fsp3) is 0.800. The minimum absolute atomic E-state index is 0. The van der Waals surface area contributed by atoms with Crippen LogP contribution in [-0.2, 0) is 16.8 Å². The number of carbonyl (C=O) groups excluding carboxylic acids is 1. The average Bonchev–Trinajstić information content (AvgIpc) is 2.93. The Hall–Kier alpha value is -1.18. The molecule has 1 amide bonds. The van der Waals surface area contributed by atoms with Gasteiger partial charge in [0.15, 0.2) is 5.82 Å². The Morgan fingerprint density at radius 2 is 2.22 bits per heavy atom. The van der Waals surface area contributed by atoms with E-state index in [4.69, 9.17) is 10.3 Å². The van der Waals surface area contributed by atoms with Gasteiger partial charge in [0.05, 0.1) is 12.5 Å². The highest BCUT2D eigenvalue weighted by Crippen LogP contribution is 2.21. The highest BCUT2D eigenvalue weighted by atomic mass is 35.5. The number of piperidine rings is 1. The van der Waals surface area contributed by atoms with Gasteiger partial charge in [-0.25, -0.2) is 0 Å². The topological polar surface area (TPSA) is 97.3 Å². The van der Waals surface area contributed by atoms with Crippen LogP contribution in [0.2, 0.25) is 0 Å². The van der Waals surface area contributed by atoms with Crippen molar-refractivity contribution < 1.29 is 9.32 Å². The van der Waals surface area contributed by atoms with E-state index < -0.39 is 0 Å². The number of nitrogens with zero attached hydrogens (tertiary/aromatic N) is 3. The molecule has 2 heterocycles. The predicted molar refractivity (Wildman–Crippen MR) is 90.3 cm³/mol. The van der Waals surface area contributed by atoms with Crippen LogP contribution in [0.15, 0.2) is 4.52 Å². The van der Waals surface area contributed by atoms with Crippen molar-refractivity contribution in [2.45, 2.75) is 45.6 Å². The lowest BCUT2D eigenvalue weighted by molar-refractivity contribution is -0.126. The van der Waals surface area contributed by atoms with E-state index in [1.54, 1.807) is 0 Å². The van der Waals surface area contributed by atoms with Gasteiger partial charge in [0.2, 0.25) is 11.8 Å². The molecule has 1 unspecified atom stereocenters. The third-order valence-corrected chi connectivity index (χ3v) is 3.79. The third-order valence-electron chi connectivity index (χ3n) is 3.79. The molecule has 0 aliphatic carbocycles. The normalized spacial score (nSPS) is 19.2. The summed E-state index contributed by atoms with van der Waals surface area (Å²) in [6.45, 7) is 9.46. The minimum Gasteiger partial charge on any atom is -0.355 e. The van der Waals surface area contributed by atoms with E-state index in [0.29, 0.717) is 31.3 Å². The average molecular weight is 346 g/mol. The number of aromatic nitrogens is 2. The van der Waals surface area contributed by atoms with Crippen molar-refractivity contribution in [3.8, 4) is 0 Å². The zero-order chi connectivity index (χ0) is 16.2. The van der Waals surface area contributed by atoms with Crippen molar-refractivity contribution in [1.29, 1.82) is 0 Å². The summed E-state index contributed by atoms with van der Waals surface area (Å²) in [7, 11) is 0. The van der Waals surface area contributed by atoms with Gasteiger partial charge in [-0.15, -0.1) is 12.4 Å². The lowest BCUT2D eigenvalue weighted by Crippen LogP contribution is -2.43. The Balaban J connectivity index is 0.00000264. The highest BCUT2D eigenvalue weighted by Gasteiger charge is 2.27. The van der Waals surface area contributed by atoms with Crippen molar-refractivity contribution in [3.63, 3.8) is 0 Å². The number of likely N-dealkylation sites (tertiary alicyclic amines) is 1. The Morgan fingerprint density at radius 1 is 1.48 bits per heavy atom. The fourth-order valence-electron chi connectivity index (χ4n) is 2.58.